The molecule has 0 spiro atoms. The molecule has 0 fully saturated rings. The second kappa shape index (κ2) is 8.09. The third-order valence-corrected chi connectivity index (χ3v) is 6.12. The van der Waals surface area contributed by atoms with Crippen molar-refractivity contribution in [2.75, 3.05) is 21.2 Å². The Labute approximate surface area is 175 Å². The van der Waals surface area contributed by atoms with Crippen molar-refractivity contribution in [1.82, 2.24) is 9.88 Å². The van der Waals surface area contributed by atoms with Crippen LogP contribution in [0.5, 0.6) is 5.75 Å². The number of nitrogens with one attached hydrogen (secondary N) is 1. The fourth-order valence-corrected chi connectivity index (χ4v) is 4.25. The monoisotopic (exact) mass is 412 g/mol. The van der Waals surface area contributed by atoms with Gasteiger partial charge in [0.15, 0.2) is 0 Å². The van der Waals surface area contributed by atoms with Crippen LogP contribution in [0.1, 0.15) is 33.6 Å². The first kappa shape index (κ1) is 19.8. The lowest BCUT2D eigenvalue weighted by atomic mass is 9.90. The van der Waals surface area contributed by atoms with Crippen molar-refractivity contribution >= 4 is 28.5 Å². The molecule has 1 aromatic heterocycles. The first-order chi connectivity index (χ1) is 14.0. The molecule has 29 heavy (non-hydrogen) atoms. The number of benzene rings is 2. The molecule has 0 saturated heterocycles. The summed E-state index contributed by atoms with van der Waals surface area (Å²) in [6.45, 7) is 0.112. The fraction of sp³-hybridized carbons (Fsp3) is 0.348. The molecule has 2 aromatic carbocycles. The summed E-state index contributed by atoms with van der Waals surface area (Å²) in [5, 5.41) is 1.63. The Morgan fingerprint density at radius 3 is 2.83 bits per heavy atom. The van der Waals surface area contributed by atoms with Crippen molar-refractivity contribution in [3.05, 3.63) is 63.8 Å². The molecule has 0 bridgehead atoms. The number of carbonyl (C=O) groups is 1. The molecular formula is C23H25ClN2O3. The molecule has 0 radical (unpaired) electrons. The number of para-hydroxylation sites is 1. The molecule has 0 amide bonds. The Balaban J connectivity index is 1.57. The van der Waals surface area contributed by atoms with Gasteiger partial charge in [-0.15, -0.1) is 0 Å². The SMILES string of the molecule is COc1ccc(COC(=O)c2cccc3c4c([nH]c23)CCC(N(C)C)C4)c(Cl)c1. The van der Waals surface area contributed by atoms with Gasteiger partial charge in [0.1, 0.15) is 12.4 Å². The highest BCUT2D eigenvalue weighted by Crippen LogP contribution is 2.32. The zero-order valence-electron chi connectivity index (χ0n) is 16.9. The number of nitrogens with zero attached hydrogens (tertiary/aromatic N) is 1. The van der Waals surface area contributed by atoms with Crippen molar-refractivity contribution in [3.63, 3.8) is 0 Å². The predicted octanol–water partition coefficient (Wildman–Crippen LogP) is 4.61. The van der Waals surface area contributed by atoms with Gasteiger partial charge in [0, 0.05) is 22.7 Å². The molecule has 6 heteroatoms. The Morgan fingerprint density at radius 1 is 1.28 bits per heavy atom. The van der Waals surface area contributed by atoms with Gasteiger partial charge in [-0.1, -0.05) is 29.8 Å². The summed E-state index contributed by atoms with van der Waals surface area (Å²) >= 11 is 6.26. The first-order valence-electron chi connectivity index (χ1n) is 9.76. The van der Waals surface area contributed by atoms with Crippen LogP contribution in [0.2, 0.25) is 5.02 Å². The highest BCUT2D eigenvalue weighted by molar-refractivity contribution is 6.31. The van der Waals surface area contributed by atoms with E-state index in [0.717, 1.165) is 35.7 Å². The molecule has 1 atom stereocenters. The number of fused-ring (bicyclic) bond motifs is 3. The minimum absolute atomic E-state index is 0.112. The second-order valence-corrected chi connectivity index (χ2v) is 8.11. The van der Waals surface area contributed by atoms with Crippen LogP contribution in [0.15, 0.2) is 36.4 Å². The van der Waals surface area contributed by atoms with E-state index in [1.807, 2.05) is 18.2 Å². The fourth-order valence-electron chi connectivity index (χ4n) is 4.03. The summed E-state index contributed by atoms with van der Waals surface area (Å²) in [5.74, 6) is 0.313. The van der Waals surface area contributed by atoms with Crippen molar-refractivity contribution in [2.24, 2.45) is 0 Å². The van der Waals surface area contributed by atoms with Gasteiger partial charge in [0.05, 0.1) is 23.2 Å². The zero-order valence-corrected chi connectivity index (χ0v) is 17.7. The van der Waals surface area contributed by atoms with E-state index < -0.39 is 0 Å². The molecule has 3 aromatic rings. The van der Waals surface area contributed by atoms with Gasteiger partial charge >= 0.3 is 5.97 Å². The number of likely N-dealkylation sites (N-methyl/N-ethyl adjacent to an activating group) is 1. The highest BCUT2D eigenvalue weighted by atomic mass is 35.5. The van der Waals surface area contributed by atoms with Crippen molar-refractivity contribution in [1.29, 1.82) is 0 Å². The largest absolute Gasteiger partial charge is 0.497 e. The van der Waals surface area contributed by atoms with E-state index in [1.54, 1.807) is 19.2 Å². The van der Waals surface area contributed by atoms with E-state index in [2.05, 4.69) is 30.0 Å². The minimum atomic E-state index is -0.356. The number of methoxy groups -OCH3 is 1. The highest BCUT2D eigenvalue weighted by Gasteiger charge is 2.25. The summed E-state index contributed by atoms with van der Waals surface area (Å²) in [6.07, 6.45) is 3.09. The average Bonchev–Trinajstić information content (AvgIpc) is 3.10. The quantitative estimate of drug-likeness (QED) is 0.622. The Bertz CT molecular complexity index is 1060. The lowest BCUT2D eigenvalue weighted by Gasteiger charge is -2.28. The molecule has 1 aliphatic rings. The number of esters is 1. The maximum absolute atomic E-state index is 12.8. The van der Waals surface area contributed by atoms with E-state index in [-0.39, 0.29) is 12.6 Å². The molecule has 5 nitrogen and oxygen atoms in total. The van der Waals surface area contributed by atoms with E-state index in [0.29, 0.717) is 22.4 Å². The van der Waals surface area contributed by atoms with Crippen LogP contribution in [0.3, 0.4) is 0 Å². The Morgan fingerprint density at radius 2 is 2.10 bits per heavy atom. The van der Waals surface area contributed by atoms with Gasteiger partial charge in [0.25, 0.3) is 0 Å². The summed E-state index contributed by atoms with van der Waals surface area (Å²) in [7, 11) is 5.83. The minimum Gasteiger partial charge on any atom is -0.497 e. The van der Waals surface area contributed by atoms with Crippen molar-refractivity contribution < 1.29 is 14.3 Å². The molecule has 1 heterocycles. The van der Waals surface area contributed by atoms with Crippen LogP contribution in [0.25, 0.3) is 10.9 Å². The maximum atomic E-state index is 12.8. The number of H-pyrrole nitrogens is 1. The molecule has 4 rings (SSSR count). The second-order valence-electron chi connectivity index (χ2n) is 7.70. The van der Waals surface area contributed by atoms with Gasteiger partial charge in [-0.05, 0) is 57.1 Å². The first-order valence-corrected chi connectivity index (χ1v) is 10.1. The molecule has 0 aliphatic heterocycles. The summed E-state index contributed by atoms with van der Waals surface area (Å²) in [4.78, 5) is 18.6. The number of aryl methyl sites for hydroxylation is 1. The number of aromatic nitrogens is 1. The maximum Gasteiger partial charge on any atom is 0.340 e. The Kier molecular flexibility index (Phi) is 5.52. The smallest absolute Gasteiger partial charge is 0.340 e. The van der Waals surface area contributed by atoms with Crippen LogP contribution in [-0.2, 0) is 24.2 Å². The molecule has 152 valence electrons. The Hall–Kier alpha value is -2.50. The van der Waals surface area contributed by atoms with E-state index in [4.69, 9.17) is 21.1 Å². The van der Waals surface area contributed by atoms with Crippen LogP contribution in [-0.4, -0.2) is 43.1 Å². The molecule has 1 unspecified atom stereocenters. The molecule has 1 N–H and O–H groups in total. The molecule has 1 aliphatic carbocycles. The van der Waals surface area contributed by atoms with Crippen LogP contribution in [0, 0.1) is 0 Å². The number of hydrogen-bond donors (Lipinski definition) is 1. The standard InChI is InChI=1S/C23H25ClN2O3/c1-26(2)15-8-10-21-19(11-15)17-5-4-6-18(22(17)25-21)23(27)29-13-14-7-9-16(28-3)12-20(14)24/h4-7,9,12,15,25H,8,10-11,13H2,1-3H3. The van der Waals surface area contributed by atoms with Crippen LogP contribution in [0.4, 0.5) is 0 Å². The number of ether oxygens (including phenoxy) is 2. The zero-order chi connectivity index (χ0) is 20.5. The molecular weight excluding hydrogens is 388 g/mol. The number of hydrogen-bond acceptors (Lipinski definition) is 4. The summed E-state index contributed by atoms with van der Waals surface area (Å²) in [5.41, 5.74) is 4.72. The van der Waals surface area contributed by atoms with Crippen molar-refractivity contribution in [2.45, 2.75) is 31.9 Å². The number of rotatable bonds is 5. The summed E-state index contributed by atoms with van der Waals surface area (Å²) < 4.78 is 10.7. The van der Waals surface area contributed by atoms with Gasteiger partial charge in [-0.25, -0.2) is 4.79 Å². The van der Waals surface area contributed by atoms with Crippen molar-refractivity contribution in [3.8, 4) is 5.75 Å². The topological polar surface area (TPSA) is 54.6 Å². The van der Waals surface area contributed by atoms with E-state index in [9.17, 15) is 4.79 Å². The van der Waals surface area contributed by atoms with E-state index in [1.165, 1.54) is 11.3 Å². The van der Waals surface area contributed by atoms with Gasteiger partial charge < -0.3 is 19.4 Å². The third-order valence-electron chi connectivity index (χ3n) is 5.77. The van der Waals surface area contributed by atoms with Crippen LogP contribution >= 0.6 is 11.6 Å². The third kappa shape index (κ3) is 3.85. The van der Waals surface area contributed by atoms with Gasteiger partial charge in [-0.2, -0.15) is 0 Å². The normalized spacial score (nSPS) is 16.1. The number of aromatic amines is 1. The average molecular weight is 413 g/mol. The lowest BCUT2D eigenvalue weighted by Crippen LogP contribution is -2.33. The lowest BCUT2D eigenvalue weighted by molar-refractivity contribution is 0.0475. The van der Waals surface area contributed by atoms with Crippen LogP contribution < -0.4 is 4.74 Å². The number of halogens is 1. The molecule has 0 saturated carbocycles. The van der Waals surface area contributed by atoms with Gasteiger partial charge in [-0.3, -0.25) is 0 Å². The predicted molar refractivity (Wildman–Crippen MR) is 115 cm³/mol. The van der Waals surface area contributed by atoms with Gasteiger partial charge in [0.2, 0.25) is 0 Å². The summed E-state index contributed by atoms with van der Waals surface area (Å²) in [6, 6.07) is 11.7. The number of carbonyl (C=O) groups excluding carboxylic acids is 1. The van der Waals surface area contributed by atoms with E-state index >= 15 is 0 Å².